The van der Waals surface area contributed by atoms with E-state index in [4.69, 9.17) is 9.47 Å². The van der Waals surface area contributed by atoms with Crippen LogP contribution in [0.25, 0.3) is 11.3 Å². The first-order chi connectivity index (χ1) is 12.0. The van der Waals surface area contributed by atoms with Gasteiger partial charge in [-0.05, 0) is 12.1 Å². The number of para-hydroxylation sites is 1. The molecule has 7 nitrogen and oxygen atoms in total. The third-order valence-corrected chi connectivity index (χ3v) is 3.67. The number of benzene rings is 1. The SMILES string of the molecule is O=C(O)c1cn(C2COC2)nc(-c2ccccc2OCC(F)F)c1=O. The Hall–Kier alpha value is -2.81. The maximum absolute atomic E-state index is 12.5. The van der Waals surface area contributed by atoms with Crippen LogP contribution in [0.15, 0.2) is 35.3 Å². The number of alkyl halides is 2. The highest BCUT2D eigenvalue weighted by Gasteiger charge is 2.25. The molecule has 1 N–H and O–H groups in total. The summed E-state index contributed by atoms with van der Waals surface area (Å²) in [6.07, 6.45) is -1.53. The Morgan fingerprint density at radius 2 is 2.12 bits per heavy atom. The molecule has 1 fully saturated rings. The van der Waals surface area contributed by atoms with Crippen LogP contribution in [0, 0.1) is 0 Å². The van der Waals surface area contributed by atoms with Gasteiger partial charge in [0.15, 0.2) is 0 Å². The molecule has 0 radical (unpaired) electrons. The summed E-state index contributed by atoms with van der Waals surface area (Å²) >= 11 is 0. The molecule has 1 aromatic carbocycles. The Labute approximate surface area is 140 Å². The molecule has 0 spiro atoms. The molecule has 3 rings (SSSR count). The summed E-state index contributed by atoms with van der Waals surface area (Å²) in [5, 5.41) is 13.5. The van der Waals surface area contributed by atoms with Crippen LogP contribution in [-0.2, 0) is 4.74 Å². The monoisotopic (exact) mass is 352 g/mol. The van der Waals surface area contributed by atoms with Crippen LogP contribution >= 0.6 is 0 Å². The molecular formula is C16H14F2N2O5. The van der Waals surface area contributed by atoms with Crippen molar-refractivity contribution in [3.63, 3.8) is 0 Å². The van der Waals surface area contributed by atoms with E-state index in [-0.39, 0.29) is 23.0 Å². The molecule has 0 atom stereocenters. The molecular weight excluding hydrogens is 338 g/mol. The van der Waals surface area contributed by atoms with Gasteiger partial charge in [-0.3, -0.25) is 9.48 Å². The second-order valence-corrected chi connectivity index (χ2v) is 5.40. The summed E-state index contributed by atoms with van der Waals surface area (Å²) in [7, 11) is 0. The van der Waals surface area contributed by atoms with E-state index in [0.29, 0.717) is 13.2 Å². The van der Waals surface area contributed by atoms with Crippen molar-refractivity contribution in [1.82, 2.24) is 9.78 Å². The summed E-state index contributed by atoms with van der Waals surface area (Å²) in [4.78, 5) is 23.9. The molecule has 2 aromatic rings. The van der Waals surface area contributed by atoms with Crippen molar-refractivity contribution in [2.75, 3.05) is 19.8 Å². The fourth-order valence-corrected chi connectivity index (χ4v) is 2.34. The minimum atomic E-state index is -2.69. The molecule has 1 aliphatic heterocycles. The van der Waals surface area contributed by atoms with Crippen LogP contribution in [0.3, 0.4) is 0 Å². The lowest BCUT2D eigenvalue weighted by molar-refractivity contribution is -0.0293. The highest BCUT2D eigenvalue weighted by molar-refractivity contribution is 5.88. The van der Waals surface area contributed by atoms with Gasteiger partial charge in [-0.15, -0.1) is 0 Å². The smallest absolute Gasteiger partial charge is 0.341 e. The summed E-state index contributed by atoms with van der Waals surface area (Å²) < 4.78 is 36.3. The van der Waals surface area contributed by atoms with E-state index in [9.17, 15) is 23.5 Å². The zero-order chi connectivity index (χ0) is 18.0. The number of rotatable bonds is 6. The number of aromatic carboxylic acids is 1. The van der Waals surface area contributed by atoms with Gasteiger partial charge in [0, 0.05) is 11.8 Å². The van der Waals surface area contributed by atoms with Crippen molar-refractivity contribution < 1.29 is 28.2 Å². The molecule has 0 amide bonds. The van der Waals surface area contributed by atoms with Gasteiger partial charge in [0.25, 0.3) is 6.43 Å². The second kappa shape index (κ2) is 6.98. The van der Waals surface area contributed by atoms with Crippen LogP contribution in [-0.4, -0.2) is 47.1 Å². The van der Waals surface area contributed by atoms with E-state index >= 15 is 0 Å². The number of ether oxygens (including phenoxy) is 2. The van der Waals surface area contributed by atoms with E-state index in [0.717, 1.165) is 6.20 Å². The summed E-state index contributed by atoms with van der Waals surface area (Å²) in [5.41, 5.74) is -1.28. The number of carboxylic acids is 1. The fraction of sp³-hybridized carbons (Fsp3) is 0.312. The molecule has 0 unspecified atom stereocenters. The van der Waals surface area contributed by atoms with E-state index in [1.54, 1.807) is 12.1 Å². The van der Waals surface area contributed by atoms with Crippen molar-refractivity contribution >= 4 is 5.97 Å². The maximum atomic E-state index is 12.5. The quantitative estimate of drug-likeness (QED) is 0.853. The topological polar surface area (TPSA) is 90.7 Å². The van der Waals surface area contributed by atoms with Crippen molar-refractivity contribution in [3.8, 4) is 17.0 Å². The number of halogens is 2. The second-order valence-electron chi connectivity index (χ2n) is 5.40. The van der Waals surface area contributed by atoms with Crippen molar-refractivity contribution in [1.29, 1.82) is 0 Å². The number of nitrogens with zero attached hydrogens (tertiary/aromatic N) is 2. The summed E-state index contributed by atoms with van der Waals surface area (Å²) in [6.45, 7) is -0.157. The van der Waals surface area contributed by atoms with E-state index in [1.807, 2.05) is 0 Å². The molecule has 1 saturated heterocycles. The molecule has 9 heteroatoms. The average Bonchev–Trinajstić information content (AvgIpc) is 2.52. The number of carbonyl (C=O) groups is 1. The predicted octanol–water partition coefficient (Wildman–Crippen LogP) is 1.82. The molecule has 2 heterocycles. The van der Waals surface area contributed by atoms with Gasteiger partial charge in [0.2, 0.25) is 5.43 Å². The summed E-state index contributed by atoms with van der Waals surface area (Å²) in [6, 6.07) is 5.84. The van der Waals surface area contributed by atoms with Gasteiger partial charge in [0.1, 0.15) is 23.6 Å². The summed E-state index contributed by atoms with van der Waals surface area (Å²) in [5.74, 6) is -1.36. The lowest BCUT2D eigenvalue weighted by atomic mass is 10.1. The zero-order valence-electron chi connectivity index (χ0n) is 12.9. The van der Waals surface area contributed by atoms with Gasteiger partial charge < -0.3 is 14.6 Å². The van der Waals surface area contributed by atoms with Crippen molar-refractivity contribution in [2.24, 2.45) is 0 Å². The Morgan fingerprint density at radius 3 is 2.72 bits per heavy atom. The maximum Gasteiger partial charge on any atom is 0.341 e. The minimum absolute atomic E-state index is 0.0337. The molecule has 1 aromatic heterocycles. The standard InChI is InChI=1S/C16H14F2N2O5/c17-13(18)8-25-12-4-2-1-3-10(12)14-15(21)11(16(22)23)5-20(19-14)9-6-24-7-9/h1-5,9,13H,6-8H2,(H,22,23). The van der Waals surface area contributed by atoms with Crippen LogP contribution in [0.1, 0.15) is 16.4 Å². The molecule has 1 aliphatic rings. The normalized spacial score (nSPS) is 14.4. The minimum Gasteiger partial charge on any atom is -0.487 e. The third kappa shape index (κ3) is 3.50. The molecule has 0 bridgehead atoms. The number of hydrogen-bond donors (Lipinski definition) is 1. The lowest BCUT2D eigenvalue weighted by Crippen LogP contribution is -2.34. The fourth-order valence-electron chi connectivity index (χ4n) is 2.34. The average molecular weight is 352 g/mol. The van der Waals surface area contributed by atoms with Gasteiger partial charge in [-0.1, -0.05) is 12.1 Å². The lowest BCUT2D eigenvalue weighted by Gasteiger charge is -2.28. The number of carboxylic acid groups (broad SMARTS) is 1. The highest BCUT2D eigenvalue weighted by atomic mass is 19.3. The van der Waals surface area contributed by atoms with Crippen LogP contribution < -0.4 is 10.2 Å². The Balaban J connectivity index is 2.11. The van der Waals surface area contributed by atoms with Crippen molar-refractivity contribution in [3.05, 3.63) is 46.2 Å². The first kappa shape index (κ1) is 17.0. The third-order valence-electron chi connectivity index (χ3n) is 3.67. The molecule has 132 valence electrons. The molecule has 0 aliphatic carbocycles. The van der Waals surface area contributed by atoms with Gasteiger partial charge in [0.05, 0.1) is 19.3 Å². The van der Waals surface area contributed by atoms with E-state index in [2.05, 4.69) is 5.10 Å². The Morgan fingerprint density at radius 1 is 1.40 bits per heavy atom. The van der Waals surface area contributed by atoms with Crippen LogP contribution in [0.4, 0.5) is 8.78 Å². The van der Waals surface area contributed by atoms with Gasteiger partial charge >= 0.3 is 5.97 Å². The van der Waals surface area contributed by atoms with Gasteiger partial charge in [-0.25, -0.2) is 13.6 Å². The Kier molecular flexibility index (Phi) is 4.75. The number of hydrogen-bond acceptors (Lipinski definition) is 5. The van der Waals surface area contributed by atoms with Crippen molar-refractivity contribution in [2.45, 2.75) is 12.5 Å². The highest BCUT2D eigenvalue weighted by Crippen LogP contribution is 2.28. The van der Waals surface area contributed by atoms with Crippen LogP contribution in [0.2, 0.25) is 0 Å². The van der Waals surface area contributed by atoms with E-state index in [1.165, 1.54) is 16.8 Å². The Bertz CT molecular complexity index is 849. The zero-order valence-corrected chi connectivity index (χ0v) is 12.9. The number of aromatic nitrogens is 2. The first-order valence-corrected chi connectivity index (χ1v) is 7.42. The largest absolute Gasteiger partial charge is 0.487 e. The van der Waals surface area contributed by atoms with Gasteiger partial charge in [-0.2, -0.15) is 5.10 Å². The first-order valence-electron chi connectivity index (χ1n) is 7.42. The molecule has 0 saturated carbocycles. The predicted molar refractivity (Wildman–Crippen MR) is 82.2 cm³/mol. The van der Waals surface area contributed by atoms with Crippen LogP contribution in [0.5, 0.6) is 5.75 Å². The molecule has 25 heavy (non-hydrogen) atoms. The van der Waals surface area contributed by atoms with E-state index < -0.39 is 30.0 Å².